The van der Waals surface area contributed by atoms with Crippen molar-refractivity contribution in [2.24, 2.45) is 0 Å². The highest BCUT2D eigenvalue weighted by Crippen LogP contribution is 2.28. The van der Waals surface area contributed by atoms with Crippen molar-refractivity contribution in [2.75, 3.05) is 11.9 Å². The van der Waals surface area contributed by atoms with Crippen LogP contribution >= 0.6 is 15.9 Å². The van der Waals surface area contributed by atoms with Crippen molar-refractivity contribution >= 4 is 15.9 Å². The highest BCUT2D eigenvalue weighted by atomic mass is 79.9. The Bertz CT molecular complexity index is 965. The highest BCUT2D eigenvalue weighted by molar-refractivity contribution is 9.09. The van der Waals surface area contributed by atoms with Crippen LogP contribution in [0.5, 0.6) is 5.75 Å². The fourth-order valence-electron chi connectivity index (χ4n) is 3.79. The number of benzene rings is 3. The predicted molar refractivity (Wildman–Crippen MR) is 127 cm³/mol. The Hall–Kier alpha value is -2.20. The SMILES string of the molecule is Cc1ccc(CC(CCCOc2ccc(CCBr)cc2)c2cc(F)cc(F)c2)cc1C. The maximum absolute atomic E-state index is 13.9. The van der Waals surface area contributed by atoms with E-state index in [1.165, 1.54) is 34.4 Å². The number of hydrogen-bond acceptors (Lipinski definition) is 1. The Kier molecular flexibility index (Phi) is 8.65. The molecule has 4 heteroatoms. The van der Waals surface area contributed by atoms with E-state index in [-0.39, 0.29) is 5.92 Å². The van der Waals surface area contributed by atoms with Gasteiger partial charge in [0, 0.05) is 11.4 Å². The molecule has 0 aromatic heterocycles. The van der Waals surface area contributed by atoms with Crippen LogP contribution in [0, 0.1) is 25.5 Å². The van der Waals surface area contributed by atoms with Gasteiger partial charge in [-0.2, -0.15) is 0 Å². The lowest BCUT2D eigenvalue weighted by Crippen LogP contribution is -2.08. The molecule has 0 fully saturated rings. The van der Waals surface area contributed by atoms with Gasteiger partial charge >= 0.3 is 0 Å². The van der Waals surface area contributed by atoms with E-state index < -0.39 is 11.6 Å². The summed E-state index contributed by atoms with van der Waals surface area (Å²) in [7, 11) is 0. The van der Waals surface area contributed by atoms with E-state index in [0.29, 0.717) is 12.2 Å². The molecule has 0 bridgehead atoms. The molecular formula is C27H29BrF2O. The molecule has 164 valence electrons. The zero-order valence-electron chi connectivity index (χ0n) is 18.1. The molecule has 0 aliphatic carbocycles. The molecule has 1 nitrogen and oxygen atoms in total. The van der Waals surface area contributed by atoms with Crippen molar-refractivity contribution in [1.29, 1.82) is 0 Å². The molecule has 0 aliphatic rings. The zero-order chi connectivity index (χ0) is 22.2. The molecule has 1 atom stereocenters. The van der Waals surface area contributed by atoms with Crippen molar-refractivity contribution < 1.29 is 13.5 Å². The van der Waals surface area contributed by atoms with Gasteiger partial charge in [0.1, 0.15) is 17.4 Å². The van der Waals surface area contributed by atoms with E-state index in [4.69, 9.17) is 4.74 Å². The molecule has 3 aromatic carbocycles. The van der Waals surface area contributed by atoms with Gasteiger partial charge in [-0.1, -0.05) is 46.3 Å². The minimum absolute atomic E-state index is 0.0252. The van der Waals surface area contributed by atoms with Gasteiger partial charge in [-0.25, -0.2) is 8.78 Å². The molecule has 0 N–H and O–H groups in total. The second kappa shape index (κ2) is 11.4. The largest absolute Gasteiger partial charge is 0.494 e. The maximum Gasteiger partial charge on any atom is 0.126 e. The zero-order valence-corrected chi connectivity index (χ0v) is 19.7. The van der Waals surface area contributed by atoms with Gasteiger partial charge in [0.25, 0.3) is 0 Å². The van der Waals surface area contributed by atoms with Crippen molar-refractivity contribution in [2.45, 2.75) is 45.4 Å². The van der Waals surface area contributed by atoms with E-state index in [0.717, 1.165) is 42.8 Å². The smallest absolute Gasteiger partial charge is 0.126 e. The topological polar surface area (TPSA) is 9.23 Å². The van der Waals surface area contributed by atoms with Crippen LogP contribution in [-0.4, -0.2) is 11.9 Å². The van der Waals surface area contributed by atoms with Crippen LogP contribution in [0.3, 0.4) is 0 Å². The Labute approximate surface area is 192 Å². The Morgan fingerprint density at radius 1 is 0.839 bits per heavy atom. The Morgan fingerprint density at radius 2 is 1.52 bits per heavy atom. The van der Waals surface area contributed by atoms with Gasteiger partial charge in [0.05, 0.1) is 6.61 Å². The first-order valence-corrected chi connectivity index (χ1v) is 11.9. The van der Waals surface area contributed by atoms with E-state index >= 15 is 0 Å². The van der Waals surface area contributed by atoms with Crippen LogP contribution in [-0.2, 0) is 12.8 Å². The molecule has 0 spiro atoms. The van der Waals surface area contributed by atoms with Crippen LogP contribution in [0.1, 0.15) is 46.6 Å². The first-order valence-electron chi connectivity index (χ1n) is 10.7. The Balaban J connectivity index is 1.65. The third kappa shape index (κ3) is 7.17. The summed E-state index contributed by atoms with van der Waals surface area (Å²) < 4.78 is 33.6. The van der Waals surface area contributed by atoms with Gasteiger partial charge < -0.3 is 4.74 Å². The molecule has 0 saturated heterocycles. The van der Waals surface area contributed by atoms with Gasteiger partial charge in [0.15, 0.2) is 0 Å². The Morgan fingerprint density at radius 3 is 2.16 bits per heavy atom. The molecule has 0 heterocycles. The van der Waals surface area contributed by atoms with Crippen LogP contribution in [0.2, 0.25) is 0 Å². The third-order valence-corrected chi connectivity index (χ3v) is 6.08. The summed E-state index contributed by atoms with van der Waals surface area (Å²) in [5.74, 6) is -0.183. The van der Waals surface area contributed by atoms with Gasteiger partial charge in [0.2, 0.25) is 0 Å². The normalized spacial score (nSPS) is 12.0. The van der Waals surface area contributed by atoms with E-state index in [1.807, 2.05) is 12.1 Å². The molecule has 31 heavy (non-hydrogen) atoms. The van der Waals surface area contributed by atoms with Crippen molar-refractivity contribution in [3.63, 3.8) is 0 Å². The monoisotopic (exact) mass is 486 g/mol. The standard InChI is InChI=1S/C27H29BrF2O/c1-19-5-6-22(14-20(19)2)15-23(24-16-25(29)18-26(30)17-24)4-3-13-31-27-9-7-21(8-10-27)11-12-28/h5-10,14,16-18,23H,3-4,11-13,15H2,1-2H3. The molecule has 0 aliphatic heterocycles. The molecular weight excluding hydrogens is 458 g/mol. The lowest BCUT2D eigenvalue weighted by molar-refractivity contribution is 0.301. The van der Waals surface area contributed by atoms with Crippen molar-refractivity contribution in [1.82, 2.24) is 0 Å². The molecule has 0 radical (unpaired) electrons. The van der Waals surface area contributed by atoms with Crippen LogP contribution in [0.25, 0.3) is 0 Å². The summed E-state index contributed by atoms with van der Waals surface area (Å²) in [6.45, 7) is 4.74. The van der Waals surface area contributed by atoms with Crippen LogP contribution in [0.15, 0.2) is 60.7 Å². The average molecular weight is 487 g/mol. The van der Waals surface area contributed by atoms with Gasteiger partial charge in [-0.05, 0) is 97.5 Å². The molecule has 3 aromatic rings. The second-order valence-electron chi connectivity index (χ2n) is 8.10. The number of rotatable bonds is 10. The summed E-state index contributed by atoms with van der Waals surface area (Å²) in [5, 5.41) is 0.940. The summed E-state index contributed by atoms with van der Waals surface area (Å²) in [4.78, 5) is 0. The maximum atomic E-state index is 13.9. The number of alkyl halides is 1. The number of halogens is 3. The van der Waals surface area contributed by atoms with E-state index in [9.17, 15) is 8.78 Å². The highest BCUT2D eigenvalue weighted by Gasteiger charge is 2.15. The lowest BCUT2D eigenvalue weighted by Gasteiger charge is -2.19. The molecule has 3 rings (SSSR count). The van der Waals surface area contributed by atoms with Crippen LogP contribution in [0.4, 0.5) is 8.78 Å². The second-order valence-corrected chi connectivity index (χ2v) is 8.89. The fourth-order valence-corrected chi connectivity index (χ4v) is 4.25. The van der Waals surface area contributed by atoms with Gasteiger partial charge in [-0.3, -0.25) is 0 Å². The first-order chi connectivity index (χ1) is 14.9. The quantitative estimate of drug-likeness (QED) is 0.210. The number of ether oxygens (including phenoxy) is 1. The van der Waals surface area contributed by atoms with Crippen LogP contribution < -0.4 is 4.74 Å². The number of hydrogen-bond donors (Lipinski definition) is 0. The molecule has 1 unspecified atom stereocenters. The van der Waals surface area contributed by atoms with Crippen molar-refractivity contribution in [3.8, 4) is 5.75 Å². The van der Waals surface area contributed by atoms with Crippen molar-refractivity contribution in [3.05, 3.63) is 100 Å². The molecule has 0 saturated carbocycles. The average Bonchev–Trinajstić information content (AvgIpc) is 2.73. The lowest BCUT2D eigenvalue weighted by atomic mass is 9.87. The summed E-state index contributed by atoms with van der Waals surface area (Å²) >= 11 is 3.45. The summed E-state index contributed by atoms with van der Waals surface area (Å²) in [5.41, 5.74) is 5.63. The minimum atomic E-state index is -0.528. The van der Waals surface area contributed by atoms with Gasteiger partial charge in [-0.15, -0.1) is 0 Å². The summed E-state index contributed by atoms with van der Waals surface area (Å²) in [6.07, 6.45) is 3.32. The fraction of sp³-hybridized carbons (Fsp3) is 0.333. The summed E-state index contributed by atoms with van der Waals surface area (Å²) in [6, 6.07) is 18.4. The molecule has 0 amide bonds. The van der Waals surface area contributed by atoms with E-state index in [2.05, 4.69) is 60.1 Å². The van der Waals surface area contributed by atoms with E-state index in [1.54, 1.807) is 0 Å². The number of aryl methyl sites for hydroxylation is 3. The first kappa shape index (κ1) is 23.5. The predicted octanol–water partition coefficient (Wildman–Crippen LogP) is 7.70. The minimum Gasteiger partial charge on any atom is -0.494 e. The third-order valence-electron chi connectivity index (χ3n) is 5.68.